The third-order valence-electron chi connectivity index (χ3n) is 5.73. The molecule has 28 heavy (non-hydrogen) atoms. The largest absolute Gasteiger partial charge is 0.339 e. The Hall–Kier alpha value is -2.69. The smallest absolute Gasteiger partial charge is 0.253 e. The molecule has 4 rings (SSSR count). The summed E-state index contributed by atoms with van der Waals surface area (Å²) in [5.41, 5.74) is 2.65. The van der Waals surface area contributed by atoms with Crippen LogP contribution in [0.1, 0.15) is 40.2 Å². The zero-order valence-corrected chi connectivity index (χ0v) is 16.1. The molecule has 4 nitrogen and oxygen atoms in total. The minimum atomic E-state index is -0.283. The first-order valence-corrected chi connectivity index (χ1v) is 9.93. The fourth-order valence-electron chi connectivity index (χ4n) is 4.00. The lowest BCUT2D eigenvalue weighted by Crippen LogP contribution is -2.51. The molecular formula is C23H25FN2O2. The number of hydrogen-bond donors (Lipinski definition) is 0. The van der Waals surface area contributed by atoms with E-state index in [9.17, 15) is 14.0 Å². The molecule has 2 amide bonds. The molecular weight excluding hydrogens is 355 g/mol. The van der Waals surface area contributed by atoms with Crippen molar-refractivity contribution < 1.29 is 14.0 Å². The van der Waals surface area contributed by atoms with Gasteiger partial charge in [-0.05, 0) is 55.5 Å². The molecule has 2 aliphatic rings. The van der Waals surface area contributed by atoms with E-state index in [1.54, 1.807) is 12.1 Å². The van der Waals surface area contributed by atoms with Crippen LogP contribution < -0.4 is 0 Å². The SMILES string of the molecule is Cc1cccc(C(=O)N2CCN(C(=O)C(c3ccc(F)cc3)C3CC3)CC2)c1. The molecule has 5 heteroatoms. The second kappa shape index (κ2) is 7.74. The average Bonchev–Trinajstić information content (AvgIpc) is 3.54. The number of aryl methyl sites for hydroxylation is 1. The Morgan fingerprint density at radius 1 is 0.964 bits per heavy atom. The summed E-state index contributed by atoms with van der Waals surface area (Å²) in [5, 5.41) is 0. The molecule has 1 heterocycles. The maximum absolute atomic E-state index is 13.3. The molecule has 0 aromatic heterocycles. The predicted molar refractivity (Wildman–Crippen MR) is 106 cm³/mol. The Morgan fingerprint density at radius 3 is 2.21 bits per heavy atom. The van der Waals surface area contributed by atoms with Crippen LogP contribution in [0.15, 0.2) is 48.5 Å². The Balaban J connectivity index is 1.41. The van der Waals surface area contributed by atoms with E-state index in [1.165, 1.54) is 12.1 Å². The average molecular weight is 380 g/mol. The Kier molecular flexibility index (Phi) is 5.16. The summed E-state index contributed by atoms with van der Waals surface area (Å²) in [4.78, 5) is 29.6. The normalized spacial score (nSPS) is 18.1. The van der Waals surface area contributed by atoms with Gasteiger partial charge in [0.15, 0.2) is 0 Å². The van der Waals surface area contributed by atoms with E-state index in [0.717, 1.165) is 24.0 Å². The molecule has 1 atom stereocenters. The second-order valence-corrected chi connectivity index (χ2v) is 7.85. The standard InChI is InChI=1S/C23H25FN2O2/c1-16-3-2-4-19(15-16)22(27)25-11-13-26(14-12-25)23(28)21(17-5-6-17)18-7-9-20(24)10-8-18/h2-4,7-10,15,17,21H,5-6,11-14H2,1H3. The van der Waals surface area contributed by atoms with Gasteiger partial charge in [-0.25, -0.2) is 4.39 Å². The maximum Gasteiger partial charge on any atom is 0.253 e. The van der Waals surface area contributed by atoms with Gasteiger partial charge in [-0.2, -0.15) is 0 Å². The number of rotatable bonds is 4. The molecule has 0 N–H and O–H groups in total. The number of amides is 2. The third-order valence-corrected chi connectivity index (χ3v) is 5.73. The number of piperazine rings is 1. The summed E-state index contributed by atoms with van der Waals surface area (Å²) in [6.45, 7) is 4.14. The number of carbonyl (C=O) groups is 2. The van der Waals surface area contributed by atoms with Crippen LogP contribution in [-0.2, 0) is 4.79 Å². The molecule has 2 fully saturated rings. The summed E-state index contributed by atoms with van der Waals surface area (Å²) in [7, 11) is 0. The van der Waals surface area contributed by atoms with E-state index >= 15 is 0 Å². The van der Waals surface area contributed by atoms with Crippen LogP contribution in [0.2, 0.25) is 0 Å². The zero-order valence-electron chi connectivity index (χ0n) is 16.1. The summed E-state index contributed by atoms with van der Waals surface area (Å²) in [5.74, 6) is 0.00315. The van der Waals surface area contributed by atoms with Crippen LogP contribution in [0.5, 0.6) is 0 Å². The first-order valence-electron chi connectivity index (χ1n) is 9.93. The first-order chi connectivity index (χ1) is 13.5. The topological polar surface area (TPSA) is 40.6 Å². The number of halogens is 1. The summed E-state index contributed by atoms with van der Waals surface area (Å²) in [6.07, 6.45) is 2.08. The van der Waals surface area contributed by atoms with Crippen molar-refractivity contribution in [1.82, 2.24) is 9.80 Å². The Bertz CT molecular complexity index is 868. The highest BCUT2D eigenvalue weighted by molar-refractivity contribution is 5.94. The quantitative estimate of drug-likeness (QED) is 0.813. The first kappa shape index (κ1) is 18.7. The summed E-state index contributed by atoms with van der Waals surface area (Å²) >= 11 is 0. The van der Waals surface area contributed by atoms with E-state index in [4.69, 9.17) is 0 Å². The van der Waals surface area contributed by atoms with Crippen LogP contribution in [0, 0.1) is 18.7 Å². The van der Waals surface area contributed by atoms with Gasteiger partial charge in [0.25, 0.3) is 5.91 Å². The van der Waals surface area contributed by atoms with Crippen LogP contribution in [0.4, 0.5) is 4.39 Å². The van der Waals surface area contributed by atoms with Crippen LogP contribution >= 0.6 is 0 Å². The van der Waals surface area contributed by atoms with Crippen LogP contribution in [0.3, 0.4) is 0 Å². The van der Waals surface area contributed by atoms with Crippen molar-refractivity contribution in [3.63, 3.8) is 0 Å². The number of carbonyl (C=O) groups excluding carboxylic acids is 2. The second-order valence-electron chi connectivity index (χ2n) is 7.85. The summed E-state index contributed by atoms with van der Waals surface area (Å²) < 4.78 is 13.3. The molecule has 146 valence electrons. The van der Waals surface area contributed by atoms with E-state index in [0.29, 0.717) is 37.7 Å². The van der Waals surface area contributed by atoms with Gasteiger partial charge in [0.2, 0.25) is 5.91 Å². The van der Waals surface area contributed by atoms with Gasteiger partial charge in [-0.15, -0.1) is 0 Å². The van der Waals surface area contributed by atoms with Crippen molar-refractivity contribution in [3.8, 4) is 0 Å². The minimum Gasteiger partial charge on any atom is -0.339 e. The molecule has 2 aromatic rings. The van der Waals surface area contributed by atoms with E-state index in [-0.39, 0.29) is 23.5 Å². The van der Waals surface area contributed by atoms with Crippen molar-refractivity contribution in [2.24, 2.45) is 5.92 Å². The third kappa shape index (κ3) is 3.93. The molecule has 1 aliphatic heterocycles. The molecule has 0 bridgehead atoms. The van der Waals surface area contributed by atoms with Crippen molar-refractivity contribution in [3.05, 3.63) is 71.0 Å². The van der Waals surface area contributed by atoms with Crippen molar-refractivity contribution in [2.75, 3.05) is 26.2 Å². The monoisotopic (exact) mass is 380 g/mol. The van der Waals surface area contributed by atoms with Crippen molar-refractivity contribution in [1.29, 1.82) is 0 Å². The maximum atomic E-state index is 13.3. The van der Waals surface area contributed by atoms with E-state index in [2.05, 4.69) is 0 Å². The Labute approximate surface area is 164 Å². The molecule has 0 spiro atoms. The van der Waals surface area contributed by atoms with E-state index in [1.807, 2.05) is 41.0 Å². The van der Waals surface area contributed by atoms with Gasteiger partial charge in [0, 0.05) is 31.7 Å². The molecule has 1 saturated carbocycles. The lowest BCUT2D eigenvalue weighted by atomic mass is 9.92. The van der Waals surface area contributed by atoms with Crippen LogP contribution in [-0.4, -0.2) is 47.8 Å². The van der Waals surface area contributed by atoms with Crippen molar-refractivity contribution >= 4 is 11.8 Å². The fraction of sp³-hybridized carbons (Fsp3) is 0.391. The van der Waals surface area contributed by atoms with Gasteiger partial charge in [-0.3, -0.25) is 9.59 Å². The molecule has 1 aliphatic carbocycles. The predicted octanol–water partition coefficient (Wildman–Crippen LogP) is 3.61. The van der Waals surface area contributed by atoms with Crippen LogP contribution in [0.25, 0.3) is 0 Å². The highest BCUT2D eigenvalue weighted by atomic mass is 19.1. The highest BCUT2D eigenvalue weighted by Gasteiger charge is 2.40. The molecule has 1 unspecified atom stereocenters. The molecule has 0 radical (unpaired) electrons. The molecule has 2 aromatic carbocycles. The van der Waals surface area contributed by atoms with Crippen molar-refractivity contribution in [2.45, 2.75) is 25.7 Å². The van der Waals surface area contributed by atoms with Gasteiger partial charge in [0.05, 0.1) is 5.92 Å². The van der Waals surface area contributed by atoms with Gasteiger partial charge in [-0.1, -0.05) is 29.8 Å². The number of hydrogen-bond acceptors (Lipinski definition) is 2. The minimum absolute atomic E-state index is 0.0214. The Morgan fingerprint density at radius 2 is 1.61 bits per heavy atom. The fourth-order valence-corrected chi connectivity index (χ4v) is 4.00. The number of benzene rings is 2. The van der Waals surface area contributed by atoms with E-state index < -0.39 is 0 Å². The molecule has 1 saturated heterocycles. The number of nitrogens with zero attached hydrogens (tertiary/aromatic N) is 2. The lowest BCUT2D eigenvalue weighted by molar-refractivity contribution is -0.134. The summed E-state index contributed by atoms with van der Waals surface area (Å²) in [6, 6.07) is 13.9. The van der Waals surface area contributed by atoms with Gasteiger partial charge in [0.1, 0.15) is 5.82 Å². The highest BCUT2D eigenvalue weighted by Crippen LogP contribution is 2.43. The van der Waals surface area contributed by atoms with Gasteiger partial charge < -0.3 is 9.80 Å². The van der Waals surface area contributed by atoms with Gasteiger partial charge >= 0.3 is 0 Å². The lowest BCUT2D eigenvalue weighted by Gasteiger charge is -2.36. The zero-order chi connectivity index (χ0) is 19.7.